The van der Waals surface area contributed by atoms with E-state index in [2.05, 4.69) is 39.9 Å². The lowest BCUT2D eigenvalue weighted by Gasteiger charge is -2.41. The summed E-state index contributed by atoms with van der Waals surface area (Å²) in [5.41, 5.74) is 0. The summed E-state index contributed by atoms with van der Waals surface area (Å²) in [6, 6.07) is -2.89. The zero-order chi connectivity index (χ0) is 46.0. The fourth-order valence-corrected chi connectivity index (χ4v) is 8.85. The van der Waals surface area contributed by atoms with E-state index in [4.69, 9.17) is 20.1 Å². The molecule has 0 bridgehead atoms. The number of carbonyl (C=O) groups excluding carboxylic acids is 5. The standard InChI is InChI=1S/C45H81N7O9/c1-14-30(6)40(51(11)45(57)38(28(2)3)49-44(56)39(29(4)5)50(9)10)36(58-12)27-37(53)52-22-17-20-35(52)41(59-13)32(8)42(54)48-34(26-33-19-16-15-18-31(33)7)43(55)47-21-23-60-24-25-61-46/h15-16,18-19,28-36,38-41H,14,17,20-27,46H2,1-13H3,(H,47,55)(H,48,54)(H,49,56)/t30-,31?,32+,33?,34-,35-,36+,38-,39-,40-,41+/m0/s1. The molecule has 0 aromatic heterocycles. The molecule has 5 amide bonds. The molecule has 1 fully saturated rings. The van der Waals surface area contributed by atoms with Gasteiger partial charge in [0.25, 0.3) is 0 Å². The summed E-state index contributed by atoms with van der Waals surface area (Å²) >= 11 is 0. The first-order valence-corrected chi connectivity index (χ1v) is 22.3. The number of allylic oxidation sites excluding steroid dienone is 4. The summed E-state index contributed by atoms with van der Waals surface area (Å²) in [4.78, 5) is 79.6. The normalized spacial score (nSPS) is 21.7. The molecule has 0 radical (unpaired) electrons. The highest BCUT2D eigenvalue weighted by molar-refractivity contribution is 5.90. The topological polar surface area (TPSA) is 194 Å². The van der Waals surface area contributed by atoms with Crippen molar-refractivity contribution in [3.63, 3.8) is 0 Å². The van der Waals surface area contributed by atoms with Gasteiger partial charge in [-0.2, -0.15) is 0 Å². The first-order chi connectivity index (χ1) is 28.9. The van der Waals surface area contributed by atoms with Crippen LogP contribution in [0.5, 0.6) is 0 Å². The van der Waals surface area contributed by atoms with Crippen LogP contribution in [0.25, 0.3) is 0 Å². The summed E-state index contributed by atoms with van der Waals surface area (Å²) in [6.07, 6.45) is 9.22. The van der Waals surface area contributed by atoms with Crippen LogP contribution in [0.3, 0.4) is 0 Å². The average Bonchev–Trinajstić information content (AvgIpc) is 3.70. The Morgan fingerprint density at radius 2 is 1.54 bits per heavy atom. The number of likely N-dealkylation sites (N-methyl/N-ethyl adjacent to an activating group) is 2. The largest absolute Gasteiger partial charge is 0.379 e. The third-order valence-electron chi connectivity index (χ3n) is 12.5. The number of ether oxygens (including phenoxy) is 3. The molecule has 1 saturated heterocycles. The SMILES string of the molecule is CC[C@H](C)[C@@H]([C@@H](CC(=O)N1CCC[C@H]1[C@H](OC)[C@@H](C)C(=O)N[C@@H](CC1C=CC=CC1C)C(=O)NCCOCCON)OC)N(C)C(=O)[C@@H](NC(=O)[C@H](C(C)C)N(C)C)C(C)C. The fourth-order valence-electron chi connectivity index (χ4n) is 8.85. The molecule has 16 heteroatoms. The molecule has 0 aromatic rings. The number of carbonyl (C=O) groups is 5. The van der Waals surface area contributed by atoms with Crippen molar-refractivity contribution in [2.24, 2.45) is 41.4 Å². The molecule has 2 aliphatic rings. The smallest absolute Gasteiger partial charge is 0.245 e. The molecule has 350 valence electrons. The molecular formula is C45H81N7O9. The van der Waals surface area contributed by atoms with Crippen LogP contribution >= 0.6 is 0 Å². The number of nitrogens with two attached hydrogens (primary N) is 1. The van der Waals surface area contributed by atoms with Crippen LogP contribution in [-0.4, -0.2) is 155 Å². The summed E-state index contributed by atoms with van der Waals surface area (Å²) in [5.74, 6) is 3.06. The maximum Gasteiger partial charge on any atom is 0.245 e. The van der Waals surface area contributed by atoms with Gasteiger partial charge in [-0.25, -0.2) is 5.90 Å². The quantitative estimate of drug-likeness (QED) is 0.0701. The highest BCUT2D eigenvalue weighted by atomic mass is 16.6. The van der Waals surface area contributed by atoms with Crippen molar-refractivity contribution in [3.05, 3.63) is 24.3 Å². The molecule has 0 spiro atoms. The molecule has 1 aliphatic carbocycles. The Hall–Kier alpha value is -3.41. The minimum absolute atomic E-state index is 0.00185. The molecule has 2 unspecified atom stereocenters. The van der Waals surface area contributed by atoms with Crippen LogP contribution < -0.4 is 21.8 Å². The van der Waals surface area contributed by atoms with E-state index in [1.54, 1.807) is 38.0 Å². The van der Waals surface area contributed by atoms with Gasteiger partial charge in [-0.15, -0.1) is 0 Å². The summed E-state index contributed by atoms with van der Waals surface area (Å²) in [5, 5.41) is 8.94. The van der Waals surface area contributed by atoms with Gasteiger partial charge >= 0.3 is 0 Å². The molecule has 2 rings (SSSR count). The first-order valence-electron chi connectivity index (χ1n) is 22.3. The van der Waals surface area contributed by atoms with Crippen LogP contribution in [0.4, 0.5) is 0 Å². The Morgan fingerprint density at radius 1 is 0.869 bits per heavy atom. The van der Waals surface area contributed by atoms with E-state index >= 15 is 0 Å². The number of nitrogens with one attached hydrogen (secondary N) is 3. The van der Waals surface area contributed by atoms with Crippen LogP contribution in [0, 0.1) is 35.5 Å². The molecule has 16 nitrogen and oxygen atoms in total. The minimum atomic E-state index is -0.822. The third kappa shape index (κ3) is 15.7. The van der Waals surface area contributed by atoms with Crippen LogP contribution in [-0.2, 0) is 43.0 Å². The molecular weight excluding hydrogens is 783 g/mol. The van der Waals surface area contributed by atoms with Crippen molar-refractivity contribution < 1.29 is 43.0 Å². The van der Waals surface area contributed by atoms with Gasteiger partial charge in [-0.05, 0) is 62.9 Å². The molecule has 1 aliphatic heterocycles. The van der Waals surface area contributed by atoms with Gasteiger partial charge in [-0.1, -0.05) is 86.1 Å². The molecule has 0 aromatic carbocycles. The molecule has 0 saturated carbocycles. The first kappa shape index (κ1) is 53.7. The predicted molar refractivity (Wildman–Crippen MR) is 237 cm³/mol. The maximum atomic E-state index is 14.4. The van der Waals surface area contributed by atoms with E-state index in [0.29, 0.717) is 19.4 Å². The van der Waals surface area contributed by atoms with Crippen molar-refractivity contribution in [2.45, 2.75) is 130 Å². The van der Waals surface area contributed by atoms with Crippen molar-refractivity contribution in [1.82, 2.24) is 30.7 Å². The zero-order valence-electron chi connectivity index (χ0n) is 39.5. The maximum absolute atomic E-state index is 14.4. The number of rotatable bonds is 27. The number of hydrogen-bond acceptors (Lipinski definition) is 11. The monoisotopic (exact) mass is 864 g/mol. The van der Waals surface area contributed by atoms with Gasteiger partial charge in [0.15, 0.2) is 0 Å². The molecule has 11 atom stereocenters. The van der Waals surface area contributed by atoms with E-state index in [1.165, 1.54) is 0 Å². The second kappa shape index (κ2) is 26.9. The number of amides is 5. The molecule has 1 heterocycles. The summed E-state index contributed by atoms with van der Waals surface area (Å²) < 4.78 is 17.5. The Kier molecular flexibility index (Phi) is 23.7. The van der Waals surface area contributed by atoms with Crippen molar-refractivity contribution in [3.8, 4) is 0 Å². The van der Waals surface area contributed by atoms with E-state index in [0.717, 1.165) is 12.8 Å². The van der Waals surface area contributed by atoms with Crippen LogP contribution in [0.15, 0.2) is 24.3 Å². The van der Waals surface area contributed by atoms with E-state index < -0.39 is 48.3 Å². The lowest BCUT2D eigenvalue weighted by atomic mass is 9.84. The highest BCUT2D eigenvalue weighted by Crippen LogP contribution is 2.30. The van der Waals surface area contributed by atoms with Gasteiger partial charge in [-0.3, -0.25) is 28.9 Å². The van der Waals surface area contributed by atoms with Crippen molar-refractivity contribution in [1.29, 1.82) is 0 Å². The number of hydrogen-bond donors (Lipinski definition) is 4. The van der Waals surface area contributed by atoms with Gasteiger partial charge in [0.1, 0.15) is 12.1 Å². The van der Waals surface area contributed by atoms with Crippen molar-refractivity contribution >= 4 is 29.5 Å². The zero-order valence-corrected chi connectivity index (χ0v) is 39.5. The Labute approximate surface area is 366 Å². The number of methoxy groups -OCH3 is 2. The Balaban J connectivity index is 2.28. The fraction of sp³-hybridized carbons (Fsp3) is 0.800. The predicted octanol–water partition coefficient (Wildman–Crippen LogP) is 2.91. The number of likely N-dealkylation sites (tertiary alicyclic amines) is 1. The van der Waals surface area contributed by atoms with Crippen LogP contribution in [0.1, 0.15) is 87.5 Å². The summed E-state index contributed by atoms with van der Waals surface area (Å²) in [6.45, 7) is 17.2. The van der Waals surface area contributed by atoms with E-state index in [-0.39, 0.29) is 91.9 Å². The van der Waals surface area contributed by atoms with Gasteiger partial charge in [0.2, 0.25) is 29.5 Å². The minimum Gasteiger partial charge on any atom is -0.379 e. The lowest BCUT2D eigenvalue weighted by Crippen LogP contribution is -2.59. The second-order valence-electron chi connectivity index (χ2n) is 17.8. The van der Waals surface area contributed by atoms with Gasteiger partial charge < -0.3 is 44.8 Å². The van der Waals surface area contributed by atoms with Gasteiger partial charge in [0, 0.05) is 34.4 Å². The van der Waals surface area contributed by atoms with E-state index in [1.807, 2.05) is 72.7 Å². The third-order valence-corrected chi connectivity index (χ3v) is 12.5. The van der Waals surface area contributed by atoms with E-state index in [9.17, 15) is 24.0 Å². The number of nitrogens with zero attached hydrogens (tertiary/aromatic N) is 3. The van der Waals surface area contributed by atoms with Crippen LogP contribution in [0.2, 0.25) is 0 Å². The Morgan fingerprint density at radius 3 is 2.10 bits per heavy atom. The average molecular weight is 864 g/mol. The van der Waals surface area contributed by atoms with Crippen molar-refractivity contribution in [2.75, 3.05) is 68.3 Å². The second-order valence-corrected chi connectivity index (χ2v) is 17.8. The molecule has 61 heavy (non-hydrogen) atoms. The highest BCUT2D eigenvalue weighted by Gasteiger charge is 2.43. The Bertz CT molecular complexity index is 1430. The molecule has 5 N–H and O–H groups in total. The van der Waals surface area contributed by atoms with Gasteiger partial charge in [0.05, 0.1) is 62.5 Å². The lowest BCUT2D eigenvalue weighted by molar-refractivity contribution is -0.148. The summed E-state index contributed by atoms with van der Waals surface area (Å²) in [7, 11) is 8.53.